The summed E-state index contributed by atoms with van der Waals surface area (Å²) in [4.78, 5) is 22.3. The Kier molecular flexibility index (Phi) is 3.55. The summed E-state index contributed by atoms with van der Waals surface area (Å²) in [5, 5.41) is 0. The molecule has 2 N–H and O–H groups in total. The van der Waals surface area contributed by atoms with Crippen LogP contribution in [0.4, 0.5) is 11.8 Å². The molecule has 1 aliphatic heterocycles. The quantitative estimate of drug-likeness (QED) is 0.768. The zero-order chi connectivity index (χ0) is 15.8. The molecular formula is C15H16N6OS. The zero-order valence-corrected chi connectivity index (χ0v) is 13.5. The second kappa shape index (κ2) is 5.71. The Morgan fingerprint density at radius 2 is 2.00 bits per heavy atom. The van der Waals surface area contributed by atoms with Crippen LogP contribution in [0.2, 0.25) is 0 Å². The molecule has 0 atom stereocenters. The molecule has 1 saturated heterocycles. The minimum absolute atomic E-state index is 0.216. The average Bonchev–Trinajstić information content (AvgIpc) is 3.01. The molecule has 7 nitrogen and oxygen atoms in total. The largest absolute Gasteiger partial charge is 0.378 e. The van der Waals surface area contributed by atoms with Gasteiger partial charge in [0, 0.05) is 18.0 Å². The van der Waals surface area contributed by atoms with Gasteiger partial charge in [-0.3, -0.25) is 0 Å². The fourth-order valence-corrected chi connectivity index (χ4v) is 3.42. The highest BCUT2D eigenvalue weighted by Crippen LogP contribution is 2.29. The van der Waals surface area contributed by atoms with E-state index in [0.29, 0.717) is 24.4 Å². The van der Waals surface area contributed by atoms with Gasteiger partial charge in [0.25, 0.3) is 0 Å². The van der Waals surface area contributed by atoms with E-state index in [0.717, 1.165) is 29.5 Å². The smallest absolute Gasteiger partial charge is 0.224 e. The molecule has 4 heterocycles. The van der Waals surface area contributed by atoms with Crippen molar-refractivity contribution < 1.29 is 4.74 Å². The predicted molar refractivity (Wildman–Crippen MR) is 90.6 cm³/mol. The summed E-state index contributed by atoms with van der Waals surface area (Å²) >= 11 is 1.69. The SMILES string of the molecule is Cc1ccc(-c2cnc3nc(N)nc(N4CCOCC4)c3n2)s1. The maximum Gasteiger partial charge on any atom is 0.224 e. The van der Waals surface area contributed by atoms with Crippen molar-refractivity contribution in [2.45, 2.75) is 6.92 Å². The minimum Gasteiger partial charge on any atom is -0.378 e. The van der Waals surface area contributed by atoms with E-state index in [1.807, 2.05) is 0 Å². The van der Waals surface area contributed by atoms with Crippen molar-refractivity contribution in [1.82, 2.24) is 19.9 Å². The van der Waals surface area contributed by atoms with Gasteiger partial charge in [-0.1, -0.05) is 0 Å². The summed E-state index contributed by atoms with van der Waals surface area (Å²) in [7, 11) is 0. The zero-order valence-electron chi connectivity index (χ0n) is 12.7. The molecule has 0 amide bonds. The van der Waals surface area contributed by atoms with Crippen LogP contribution in [-0.4, -0.2) is 46.2 Å². The number of hydrogen-bond donors (Lipinski definition) is 1. The standard InChI is InChI=1S/C15H16N6OS/c1-9-2-3-11(23-9)10-8-17-13-12(18-10)14(20-15(16)19-13)21-4-6-22-7-5-21/h2-3,8H,4-7H2,1H3,(H2,16,17,19,20). The van der Waals surface area contributed by atoms with Gasteiger partial charge in [-0.25, -0.2) is 9.97 Å². The van der Waals surface area contributed by atoms with Crippen LogP contribution in [0.3, 0.4) is 0 Å². The number of aryl methyl sites for hydroxylation is 1. The Morgan fingerprint density at radius 1 is 1.17 bits per heavy atom. The van der Waals surface area contributed by atoms with E-state index in [9.17, 15) is 0 Å². The van der Waals surface area contributed by atoms with Gasteiger partial charge in [-0.05, 0) is 19.1 Å². The van der Waals surface area contributed by atoms with E-state index < -0.39 is 0 Å². The summed E-state index contributed by atoms with van der Waals surface area (Å²) in [5.41, 5.74) is 7.88. The summed E-state index contributed by atoms with van der Waals surface area (Å²) in [6, 6.07) is 4.14. The number of nitrogens with zero attached hydrogens (tertiary/aromatic N) is 5. The maximum absolute atomic E-state index is 5.84. The number of hydrogen-bond acceptors (Lipinski definition) is 8. The van der Waals surface area contributed by atoms with Crippen LogP contribution in [-0.2, 0) is 4.74 Å². The molecule has 0 aliphatic carbocycles. The first-order valence-corrected chi connectivity index (χ1v) is 8.22. The van der Waals surface area contributed by atoms with E-state index in [-0.39, 0.29) is 5.95 Å². The molecule has 0 unspecified atom stereocenters. The van der Waals surface area contributed by atoms with Crippen LogP contribution < -0.4 is 10.6 Å². The highest BCUT2D eigenvalue weighted by atomic mass is 32.1. The van der Waals surface area contributed by atoms with E-state index in [4.69, 9.17) is 15.5 Å². The molecule has 118 valence electrons. The van der Waals surface area contributed by atoms with Crippen molar-refractivity contribution in [3.05, 3.63) is 23.2 Å². The summed E-state index contributed by atoms with van der Waals surface area (Å²) in [6.07, 6.45) is 1.74. The minimum atomic E-state index is 0.216. The van der Waals surface area contributed by atoms with Gasteiger partial charge in [0.1, 0.15) is 0 Å². The van der Waals surface area contributed by atoms with Crippen molar-refractivity contribution in [3.63, 3.8) is 0 Å². The fraction of sp³-hybridized carbons (Fsp3) is 0.333. The van der Waals surface area contributed by atoms with Crippen molar-refractivity contribution in [2.75, 3.05) is 36.9 Å². The lowest BCUT2D eigenvalue weighted by molar-refractivity contribution is 0.122. The molecule has 23 heavy (non-hydrogen) atoms. The molecule has 0 radical (unpaired) electrons. The molecule has 1 fully saturated rings. The van der Waals surface area contributed by atoms with Gasteiger partial charge < -0.3 is 15.4 Å². The van der Waals surface area contributed by atoms with Gasteiger partial charge in [0.05, 0.1) is 30.0 Å². The monoisotopic (exact) mass is 328 g/mol. The van der Waals surface area contributed by atoms with Crippen LogP contribution in [0.15, 0.2) is 18.3 Å². The molecule has 0 bridgehead atoms. The topological polar surface area (TPSA) is 90.0 Å². The molecule has 0 saturated carbocycles. The first-order chi connectivity index (χ1) is 11.2. The molecule has 8 heteroatoms. The van der Waals surface area contributed by atoms with Crippen LogP contribution in [0.25, 0.3) is 21.7 Å². The maximum atomic E-state index is 5.84. The number of rotatable bonds is 2. The Bertz CT molecular complexity index is 858. The van der Waals surface area contributed by atoms with Crippen LogP contribution >= 0.6 is 11.3 Å². The second-order valence-corrected chi connectivity index (χ2v) is 6.63. The van der Waals surface area contributed by atoms with Crippen molar-refractivity contribution in [3.8, 4) is 10.6 Å². The molecule has 0 aromatic carbocycles. The molecule has 3 aromatic rings. The molecule has 1 aliphatic rings. The van der Waals surface area contributed by atoms with Crippen molar-refractivity contribution in [1.29, 1.82) is 0 Å². The van der Waals surface area contributed by atoms with E-state index in [1.54, 1.807) is 17.5 Å². The number of nitrogen functional groups attached to an aromatic ring is 1. The van der Waals surface area contributed by atoms with Crippen molar-refractivity contribution >= 4 is 34.3 Å². The number of ether oxygens (including phenoxy) is 1. The Balaban J connectivity index is 1.86. The molecule has 0 spiro atoms. The van der Waals surface area contributed by atoms with Gasteiger partial charge >= 0.3 is 0 Å². The fourth-order valence-electron chi connectivity index (χ4n) is 2.60. The van der Waals surface area contributed by atoms with Crippen LogP contribution in [0, 0.1) is 6.92 Å². The van der Waals surface area contributed by atoms with Crippen LogP contribution in [0.1, 0.15) is 4.88 Å². The van der Waals surface area contributed by atoms with Gasteiger partial charge in [-0.2, -0.15) is 9.97 Å². The number of nitrogens with two attached hydrogens (primary N) is 1. The third kappa shape index (κ3) is 2.71. The number of anilines is 2. The van der Waals surface area contributed by atoms with E-state index >= 15 is 0 Å². The third-order valence-corrected chi connectivity index (χ3v) is 4.73. The molecular weight excluding hydrogens is 312 g/mol. The summed E-state index contributed by atoms with van der Waals surface area (Å²) in [5.74, 6) is 0.950. The molecule has 4 rings (SSSR count). The average molecular weight is 328 g/mol. The van der Waals surface area contributed by atoms with E-state index in [2.05, 4.69) is 38.9 Å². The number of fused-ring (bicyclic) bond motifs is 1. The lowest BCUT2D eigenvalue weighted by atomic mass is 10.3. The number of morpholine rings is 1. The second-order valence-electron chi connectivity index (χ2n) is 5.34. The first kappa shape index (κ1) is 14.3. The van der Waals surface area contributed by atoms with Crippen molar-refractivity contribution in [2.24, 2.45) is 0 Å². The Morgan fingerprint density at radius 3 is 2.74 bits per heavy atom. The van der Waals surface area contributed by atoms with Crippen LogP contribution in [0.5, 0.6) is 0 Å². The number of aromatic nitrogens is 4. The highest BCUT2D eigenvalue weighted by molar-refractivity contribution is 7.15. The summed E-state index contributed by atoms with van der Waals surface area (Å²) < 4.78 is 5.41. The van der Waals surface area contributed by atoms with Gasteiger partial charge in [0.2, 0.25) is 5.95 Å². The van der Waals surface area contributed by atoms with Gasteiger partial charge in [0.15, 0.2) is 17.0 Å². The normalized spacial score (nSPS) is 15.3. The predicted octanol–water partition coefficient (Wildman–Crippen LogP) is 1.88. The highest BCUT2D eigenvalue weighted by Gasteiger charge is 2.19. The summed E-state index contributed by atoms with van der Waals surface area (Å²) in [6.45, 7) is 4.93. The molecule has 3 aromatic heterocycles. The Labute approximate surface area is 137 Å². The lowest BCUT2D eigenvalue weighted by Crippen LogP contribution is -2.37. The number of thiophene rings is 1. The van der Waals surface area contributed by atoms with Gasteiger partial charge in [-0.15, -0.1) is 11.3 Å². The third-order valence-electron chi connectivity index (χ3n) is 3.71. The first-order valence-electron chi connectivity index (χ1n) is 7.40. The lowest BCUT2D eigenvalue weighted by Gasteiger charge is -2.28. The van der Waals surface area contributed by atoms with E-state index in [1.165, 1.54) is 4.88 Å². The Hall–Kier alpha value is -2.32.